The second-order valence-electron chi connectivity index (χ2n) is 6.82. The highest BCUT2D eigenvalue weighted by molar-refractivity contribution is 6.44. The molecular weight excluding hydrogens is 338 g/mol. The van der Waals surface area contributed by atoms with Crippen LogP contribution < -0.4 is 0 Å². The minimum atomic E-state index is 0.968. The second-order valence-corrected chi connectivity index (χ2v) is 6.82. The van der Waals surface area contributed by atoms with Crippen molar-refractivity contribution in [2.75, 3.05) is 0 Å². The van der Waals surface area contributed by atoms with E-state index in [0.29, 0.717) is 0 Å². The molecule has 0 fully saturated rings. The first kappa shape index (κ1) is 16.5. The number of hydrogen-bond acceptors (Lipinski definition) is 1. The van der Waals surface area contributed by atoms with E-state index in [2.05, 4.69) is 97.1 Å². The molecule has 132 valence electrons. The van der Waals surface area contributed by atoms with Gasteiger partial charge in [0.15, 0.2) is 0 Å². The average molecular weight is 357 g/mol. The molecule has 28 heavy (non-hydrogen) atoms. The van der Waals surface area contributed by atoms with Crippen LogP contribution in [-0.4, -0.2) is 5.71 Å². The third-order valence-electron chi connectivity index (χ3n) is 5.06. The summed E-state index contributed by atoms with van der Waals surface area (Å²) >= 11 is 0. The molecule has 0 aliphatic heterocycles. The topological polar surface area (TPSA) is 12.4 Å². The van der Waals surface area contributed by atoms with E-state index in [0.717, 1.165) is 11.4 Å². The average Bonchev–Trinajstić information content (AvgIpc) is 3.10. The molecule has 0 bridgehead atoms. The maximum atomic E-state index is 5.09. The first-order chi connectivity index (χ1) is 13.9. The Balaban J connectivity index is 1.85. The van der Waals surface area contributed by atoms with E-state index in [4.69, 9.17) is 4.99 Å². The van der Waals surface area contributed by atoms with Gasteiger partial charge in [-0.3, -0.25) is 0 Å². The van der Waals surface area contributed by atoms with Crippen molar-refractivity contribution in [1.29, 1.82) is 0 Å². The molecule has 0 heterocycles. The Hall–Kier alpha value is -3.71. The molecule has 0 saturated carbocycles. The Kier molecular flexibility index (Phi) is 4.19. The summed E-state index contributed by atoms with van der Waals surface area (Å²) in [6.07, 6.45) is 0. The van der Waals surface area contributed by atoms with Gasteiger partial charge in [0.2, 0.25) is 0 Å². The number of fused-ring (bicyclic) bond motifs is 1. The van der Waals surface area contributed by atoms with E-state index >= 15 is 0 Å². The van der Waals surface area contributed by atoms with E-state index in [1.54, 1.807) is 0 Å². The van der Waals surface area contributed by atoms with Crippen molar-refractivity contribution in [3.63, 3.8) is 0 Å². The lowest BCUT2D eigenvalue weighted by Crippen LogP contribution is -2.00. The maximum Gasteiger partial charge on any atom is 0.0800 e. The quantitative estimate of drug-likeness (QED) is 0.383. The molecule has 0 radical (unpaired) electrons. The fraction of sp³-hybridized carbons (Fsp3) is 0. The second kappa shape index (κ2) is 7.13. The molecule has 1 heteroatoms. The van der Waals surface area contributed by atoms with E-state index in [1.807, 2.05) is 18.2 Å². The monoisotopic (exact) mass is 357 g/mol. The minimum absolute atomic E-state index is 0.968. The standard InChI is InChI=1S/C27H19N/c1-4-12-20(13-5-1)25-23-18-10-11-19-24(23)27(28-22-16-8-3-9-17-22)26(25)21-14-6-2-7-15-21/h1-19H. The normalized spacial score (nSPS) is 14.4. The van der Waals surface area contributed by atoms with Gasteiger partial charge in [-0.25, -0.2) is 4.99 Å². The third-order valence-corrected chi connectivity index (χ3v) is 5.06. The molecule has 4 aromatic carbocycles. The number of para-hydroxylation sites is 1. The summed E-state index contributed by atoms with van der Waals surface area (Å²) in [5, 5.41) is 0. The Labute approximate surface area is 165 Å². The van der Waals surface area contributed by atoms with Gasteiger partial charge in [-0.05, 0) is 34.4 Å². The Morgan fingerprint density at radius 3 is 1.46 bits per heavy atom. The first-order valence-corrected chi connectivity index (χ1v) is 9.51. The maximum absolute atomic E-state index is 5.09. The van der Waals surface area contributed by atoms with Crippen LogP contribution in [0.5, 0.6) is 0 Å². The van der Waals surface area contributed by atoms with Crippen LogP contribution in [0.25, 0.3) is 11.1 Å². The summed E-state index contributed by atoms with van der Waals surface area (Å²) in [4.78, 5) is 5.09. The third kappa shape index (κ3) is 2.87. The SMILES string of the molecule is c1ccc(N=C2C(c3ccccc3)=C(c3ccccc3)c3ccccc32)cc1. The van der Waals surface area contributed by atoms with Gasteiger partial charge < -0.3 is 0 Å². The highest BCUT2D eigenvalue weighted by atomic mass is 14.8. The van der Waals surface area contributed by atoms with Crippen LogP contribution in [0, 0.1) is 0 Å². The lowest BCUT2D eigenvalue weighted by Gasteiger charge is -2.10. The van der Waals surface area contributed by atoms with Crippen LogP contribution >= 0.6 is 0 Å². The molecule has 5 rings (SSSR count). The number of rotatable bonds is 3. The van der Waals surface area contributed by atoms with E-state index < -0.39 is 0 Å². The van der Waals surface area contributed by atoms with Crippen molar-refractivity contribution in [1.82, 2.24) is 0 Å². The number of benzene rings is 4. The van der Waals surface area contributed by atoms with Crippen LogP contribution in [0.4, 0.5) is 5.69 Å². The molecule has 1 aliphatic carbocycles. The molecular formula is C27H19N. The lowest BCUT2D eigenvalue weighted by atomic mass is 9.94. The summed E-state index contributed by atoms with van der Waals surface area (Å²) in [5.41, 5.74) is 9.27. The molecule has 0 saturated heterocycles. The van der Waals surface area contributed by atoms with E-state index in [-0.39, 0.29) is 0 Å². The van der Waals surface area contributed by atoms with Crippen LogP contribution in [0.2, 0.25) is 0 Å². The molecule has 0 amide bonds. The Bertz CT molecular complexity index is 1170. The van der Waals surface area contributed by atoms with Gasteiger partial charge in [-0.2, -0.15) is 0 Å². The zero-order valence-corrected chi connectivity index (χ0v) is 15.4. The number of nitrogens with zero attached hydrogens (tertiary/aromatic N) is 1. The van der Waals surface area contributed by atoms with Crippen LogP contribution in [0.3, 0.4) is 0 Å². The molecule has 4 aromatic rings. The summed E-state index contributed by atoms with van der Waals surface area (Å²) in [5.74, 6) is 0. The van der Waals surface area contributed by atoms with Crippen molar-refractivity contribution in [2.45, 2.75) is 0 Å². The van der Waals surface area contributed by atoms with Crippen LogP contribution in [0.1, 0.15) is 22.3 Å². The van der Waals surface area contributed by atoms with Gasteiger partial charge in [0.1, 0.15) is 0 Å². The highest BCUT2D eigenvalue weighted by Crippen LogP contribution is 2.43. The van der Waals surface area contributed by atoms with Gasteiger partial charge in [0, 0.05) is 11.1 Å². The van der Waals surface area contributed by atoms with Gasteiger partial charge in [0.25, 0.3) is 0 Å². The summed E-state index contributed by atoms with van der Waals surface area (Å²) in [7, 11) is 0. The molecule has 0 atom stereocenters. The molecule has 1 nitrogen and oxygen atoms in total. The summed E-state index contributed by atoms with van der Waals surface area (Å²) in [6, 6.07) is 40.0. The van der Waals surface area contributed by atoms with Crippen molar-refractivity contribution in [3.05, 3.63) is 138 Å². The smallest absolute Gasteiger partial charge is 0.0800 e. The summed E-state index contributed by atoms with van der Waals surface area (Å²) < 4.78 is 0. The van der Waals surface area contributed by atoms with Crippen molar-refractivity contribution < 1.29 is 0 Å². The Morgan fingerprint density at radius 2 is 0.857 bits per heavy atom. The van der Waals surface area contributed by atoms with Crippen molar-refractivity contribution >= 4 is 22.5 Å². The predicted molar refractivity (Wildman–Crippen MR) is 118 cm³/mol. The largest absolute Gasteiger partial charge is 0.248 e. The van der Waals surface area contributed by atoms with Gasteiger partial charge in [0.05, 0.1) is 11.4 Å². The number of aliphatic imine (C=N–C) groups is 1. The molecule has 0 N–H and O–H groups in total. The van der Waals surface area contributed by atoms with Crippen LogP contribution in [0.15, 0.2) is 120 Å². The Morgan fingerprint density at radius 1 is 0.393 bits per heavy atom. The van der Waals surface area contributed by atoms with Crippen LogP contribution in [-0.2, 0) is 0 Å². The van der Waals surface area contributed by atoms with Gasteiger partial charge >= 0.3 is 0 Å². The molecule has 1 aliphatic rings. The first-order valence-electron chi connectivity index (χ1n) is 9.51. The lowest BCUT2D eigenvalue weighted by molar-refractivity contribution is 1.50. The molecule has 0 aromatic heterocycles. The number of hydrogen-bond donors (Lipinski definition) is 0. The fourth-order valence-corrected chi connectivity index (χ4v) is 3.83. The molecule has 0 spiro atoms. The van der Waals surface area contributed by atoms with Gasteiger partial charge in [-0.15, -0.1) is 0 Å². The summed E-state index contributed by atoms with van der Waals surface area (Å²) in [6.45, 7) is 0. The van der Waals surface area contributed by atoms with E-state index in [1.165, 1.54) is 33.4 Å². The predicted octanol–water partition coefficient (Wildman–Crippen LogP) is 6.78. The van der Waals surface area contributed by atoms with E-state index in [9.17, 15) is 0 Å². The van der Waals surface area contributed by atoms with Crippen molar-refractivity contribution in [3.8, 4) is 0 Å². The highest BCUT2D eigenvalue weighted by Gasteiger charge is 2.29. The number of allylic oxidation sites excluding steroid dienone is 1. The zero-order valence-electron chi connectivity index (χ0n) is 15.4. The van der Waals surface area contributed by atoms with Crippen molar-refractivity contribution in [2.24, 2.45) is 4.99 Å². The van der Waals surface area contributed by atoms with Gasteiger partial charge in [-0.1, -0.05) is 103 Å². The minimum Gasteiger partial charge on any atom is -0.248 e. The fourth-order valence-electron chi connectivity index (χ4n) is 3.83. The molecule has 0 unspecified atom stereocenters. The zero-order chi connectivity index (χ0) is 18.8.